The molecule has 6 atom stereocenters. The number of rotatable bonds is 8. The average Bonchev–Trinajstić information content (AvgIpc) is 3.13. The van der Waals surface area contributed by atoms with Crippen LogP contribution in [0.15, 0.2) is 35.5 Å². The number of hydrogen-bond acceptors (Lipinski definition) is 13. The van der Waals surface area contributed by atoms with Crippen LogP contribution in [-0.4, -0.2) is 84.7 Å². The zero-order valence-corrected chi connectivity index (χ0v) is 23.2. The standard InChI is InChI=1S/C27H34O13/c1-13-21-20(38-24(13)32)11-18(12-28)9-8-10-19(25(33)35-7)22(37-16(4)30)23(21)39-26(34)27(6,40-17(5)31)14(2)36-15(3)29/h10-11,14,20-23,28H,1,8-9,12H2,2-7H3/b18-11+,19-10+. The normalized spacial score (nSPS) is 27.6. The van der Waals surface area contributed by atoms with Gasteiger partial charge in [-0.15, -0.1) is 0 Å². The molecule has 1 heterocycles. The van der Waals surface area contributed by atoms with Gasteiger partial charge in [0.1, 0.15) is 12.2 Å². The molecule has 13 heteroatoms. The summed E-state index contributed by atoms with van der Waals surface area (Å²) in [5.74, 6) is -6.83. The molecule has 0 saturated carbocycles. The first-order chi connectivity index (χ1) is 18.7. The van der Waals surface area contributed by atoms with Crippen molar-refractivity contribution in [2.75, 3.05) is 13.7 Å². The van der Waals surface area contributed by atoms with Gasteiger partial charge in [-0.1, -0.05) is 12.7 Å². The van der Waals surface area contributed by atoms with Crippen LogP contribution in [0.25, 0.3) is 0 Å². The lowest BCUT2D eigenvalue weighted by molar-refractivity contribution is -0.206. The van der Waals surface area contributed by atoms with E-state index >= 15 is 0 Å². The van der Waals surface area contributed by atoms with Crippen molar-refractivity contribution in [2.45, 2.75) is 77.5 Å². The van der Waals surface area contributed by atoms with Gasteiger partial charge in [0.15, 0.2) is 12.2 Å². The molecule has 0 amide bonds. The highest BCUT2D eigenvalue weighted by Gasteiger charge is 2.54. The third-order valence-electron chi connectivity index (χ3n) is 6.49. The molecular weight excluding hydrogens is 532 g/mol. The smallest absolute Gasteiger partial charge is 0.354 e. The SMILES string of the molecule is C=C1C(=O)OC2/C=C(/CO)CC/C=C(/C(=O)OC)C(OC(C)=O)C(OC(=O)C(C)(OC(C)=O)C(C)OC(C)=O)C12. The highest BCUT2D eigenvalue weighted by molar-refractivity contribution is 5.93. The first-order valence-corrected chi connectivity index (χ1v) is 12.4. The molecule has 0 aromatic rings. The Balaban J connectivity index is 2.78. The Labute approximate surface area is 231 Å². The Bertz CT molecular complexity index is 1130. The maximum absolute atomic E-state index is 13.7. The molecule has 0 bridgehead atoms. The van der Waals surface area contributed by atoms with Crippen LogP contribution in [0.3, 0.4) is 0 Å². The summed E-state index contributed by atoms with van der Waals surface area (Å²) in [4.78, 5) is 75.1. The summed E-state index contributed by atoms with van der Waals surface area (Å²) in [7, 11) is 1.09. The van der Waals surface area contributed by atoms with Gasteiger partial charge in [-0.3, -0.25) is 14.4 Å². The number of esters is 6. The van der Waals surface area contributed by atoms with Gasteiger partial charge < -0.3 is 33.5 Å². The number of carbonyl (C=O) groups is 6. The molecule has 220 valence electrons. The predicted octanol–water partition coefficient (Wildman–Crippen LogP) is 1.01. The quantitative estimate of drug-likeness (QED) is 0.191. The number of aliphatic hydroxyl groups is 1. The molecule has 40 heavy (non-hydrogen) atoms. The number of fused-ring (bicyclic) bond motifs is 1. The van der Waals surface area contributed by atoms with Crippen LogP contribution in [-0.2, 0) is 57.2 Å². The first-order valence-electron chi connectivity index (χ1n) is 12.4. The largest absolute Gasteiger partial charge is 0.466 e. The Morgan fingerprint density at radius 2 is 1.77 bits per heavy atom. The van der Waals surface area contributed by atoms with Gasteiger partial charge in [0.25, 0.3) is 0 Å². The lowest BCUT2D eigenvalue weighted by Crippen LogP contribution is -2.55. The molecule has 1 fully saturated rings. The van der Waals surface area contributed by atoms with Gasteiger partial charge in [0, 0.05) is 26.3 Å². The highest BCUT2D eigenvalue weighted by atomic mass is 16.6. The molecule has 1 N–H and O–H groups in total. The number of carbonyl (C=O) groups excluding carboxylic acids is 6. The molecular formula is C27H34O13. The fourth-order valence-electron chi connectivity index (χ4n) is 4.42. The van der Waals surface area contributed by atoms with Crippen LogP contribution in [0.2, 0.25) is 0 Å². The Morgan fingerprint density at radius 3 is 2.30 bits per heavy atom. The predicted molar refractivity (Wildman–Crippen MR) is 134 cm³/mol. The fourth-order valence-corrected chi connectivity index (χ4v) is 4.42. The highest BCUT2D eigenvalue weighted by Crippen LogP contribution is 2.39. The molecule has 0 aromatic heterocycles. The summed E-state index contributed by atoms with van der Waals surface area (Å²) in [5.41, 5.74) is -2.17. The molecule has 2 rings (SSSR count). The van der Waals surface area contributed by atoms with Crippen molar-refractivity contribution in [3.05, 3.63) is 35.5 Å². The minimum atomic E-state index is -2.21. The van der Waals surface area contributed by atoms with Crippen molar-refractivity contribution in [1.29, 1.82) is 0 Å². The summed E-state index contributed by atoms with van der Waals surface area (Å²) in [6.07, 6.45) is -2.54. The maximum Gasteiger partial charge on any atom is 0.354 e. The van der Waals surface area contributed by atoms with Crippen LogP contribution in [0.4, 0.5) is 0 Å². The van der Waals surface area contributed by atoms with E-state index in [2.05, 4.69) is 6.58 Å². The summed E-state index contributed by atoms with van der Waals surface area (Å²) < 4.78 is 32.0. The summed E-state index contributed by atoms with van der Waals surface area (Å²) in [6.45, 7) is 8.96. The lowest BCUT2D eigenvalue weighted by atomic mass is 9.83. The monoisotopic (exact) mass is 566 g/mol. The third-order valence-corrected chi connectivity index (χ3v) is 6.49. The molecule has 1 aliphatic heterocycles. The second kappa shape index (κ2) is 13.4. The van der Waals surface area contributed by atoms with E-state index in [0.717, 1.165) is 34.8 Å². The average molecular weight is 567 g/mol. The van der Waals surface area contributed by atoms with Gasteiger partial charge >= 0.3 is 35.8 Å². The molecule has 1 aliphatic carbocycles. The summed E-state index contributed by atoms with van der Waals surface area (Å²) >= 11 is 0. The van der Waals surface area contributed by atoms with Crippen molar-refractivity contribution >= 4 is 35.8 Å². The zero-order valence-electron chi connectivity index (χ0n) is 23.2. The summed E-state index contributed by atoms with van der Waals surface area (Å²) in [6, 6.07) is 0. The van der Waals surface area contributed by atoms with E-state index in [9.17, 15) is 33.9 Å². The number of aliphatic hydroxyl groups excluding tert-OH is 1. The Kier molecular flexibility index (Phi) is 10.8. The van der Waals surface area contributed by atoms with Crippen LogP contribution in [0.5, 0.6) is 0 Å². The van der Waals surface area contributed by atoms with Crippen LogP contribution in [0.1, 0.15) is 47.5 Å². The van der Waals surface area contributed by atoms with E-state index in [4.69, 9.17) is 28.4 Å². The summed E-state index contributed by atoms with van der Waals surface area (Å²) in [5, 5.41) is 9.86. The minimum Gasteiger partial charge on any atom is -0.466 e. The van der Waals surface area contributed by atoms with Gasteiger partial charge in [0.05, 0.1) is 25.2 Å². The number of allylic oxidation sites excluding steroid dienone is 1. The van der Waals surface area contributed by atoms with Crippen molar-refractivity contribution < 1.29 is 62.3 Å². The minimum absolute atomic E-state index is 0.163. The second-order valence-electron chi connectivity index (χ2n) is 9.45. The molecule has 1 saturated heterocycles. The van der Waals surface area contributed by atoms with Gasteiger partial charge in [-0.2, -0.15) is 0 Å². The van der Waals surface area contributed by atoms with Crippen molar-refractivity contribution in [2.24, 2.45) is 5.92 Å². The van der Waals surface area contributed by atoms with Crippen LogP contribution in [0, 0.1) is 5.92 Å². The topological polar surface area (TPSA) is 178 Å². The van der Waals surface area contributed by atoms with E-state index in [1.54, 1.807) is 0 Å². The number of hydrogen-bond donors (Lipinski definition) is 1. The molecule has 0 aromatic carbocycles. The number of methoxy groups -OCH3 is 1. The van der Waals surface area contributed by atoms with Crippen LogP contribution >= 0.6 is 0 Å². The van der Waals surface area contributed by atoms with E-state index in [0.29, 0.717) is 5.57 Å². The van der Waals surface area contributed by atoms with Crippen molar-refractivity contribution in [3.8, 4) is 0 Å². The van der Waals surface area contributed by atoms with Gasteiger partial charge in [-0.25, -0.2) is 14.4 Å². The second-order valence-corrected chi connectivity index (χ2v) is 9.45. The molecule has 2 aliphatic rings. The molecule has 6 unspecified atom stereocenters. The Morgan fingerprint density at radius 1 is 1.12 bits per heavy atom. The molecule has 0 radical (unpaired) electrons. The first kappa shape index (κ1) is 32.2. The van der Waals surface area contributed by atoms with E-state index in [-0.39, 0.29) is 24.0 Å². The maximum atomic E-state index is 13.7. The van der Waals surface area contributed by atoms with Crippen LogP contribution < -0.4 is 0 Å². The molecule has 0 spiro atoms. The van der Waals surface area contributed by atoms with Gasteiger partial charge in [-0.05, 0) is 38.3 Å². The molecule has 13 nitrogen and oxygen atoms in total. The van der Waals surface area contributed by atoms with E-state index < -0.39 is 78.4 Å². The Hall–Kier alpha value is -4.00. The van der Waals surface area contributed by atoms with Gasteiger partial charge in [0.2, 0.25) is 5.60 Å². The third kappa shape index (κ3) is 7.34. The number of ether oxygens (including phenoxy) is 6. The lowest BCUT2D eigenvalue weighted by Gasteiger charge is -2.37. The van der Waals surface area contributed by atoms with Crippen molar-refractivity contribution in [1.82, 2.24) is 0 Å². The zero-order chi connectivity index (χ0) is 30.4. The van der Waals surface area contributed by atoms with Crippen molar-refractivity contribution in [3.63, 3.8) is 0 Å². The fraction of sp³-hybridized carbons (Fsp3) is 0.556. The van der Waals surface area contributed by atoms with E-state index in [1.807, 2.05) is 0 Å². The van der Waals surface area contributed by atoms with E-state index in [1.165, 1.54) is 19.1 Å².